The van der Waals surface area contributed by atoms with E-state index in [0.29, 0.717) is 18.7 Å². The van der Waals surface area contributed by atoms with Gasteiger partial charge in [0.25, 0.3) is 5.69 Å². The van der Waals surface area contributed by atoms with Gasteiger partial charge in [-0.2, -0.15) is 4.31 Å². The molecule has 140 valence electrons. The lowest BCUT2D eigenvalue weighted by Crippen LogP contribution is -2.49. The minimum Gasteiger partial charge on any atom is -0.314 e. The lowest BCUT2D eigenvalue weighted by molar-refractivity contribution is -0.385. The lowest BCUT2D eigenvalue weighted by Gasteiger charge is -2.32. The van der Waals surface area contributed by atoms with Gasteiger partial charge in [0.1, 0.15) is 0 Å². The van der Waals surface area contributed by atoms with Crippen LogP contribution in [0.15, 0.2) is 23.1 Å². The van der Waals surface area contributed by atoms with Crippen LogP contribution >= 0.6 is 12.4 Å². The van der Waals surface area contributed by atoms with E-state index < -0.39 is 14.9 Å². The molecule has 10 heteroatoms. The molecule has 1 aromatic carbocycles. The highest BCUT2D eigenvalue weighted by molar-refractivity contribution is 7.89. The Kier molecular flexibility index (Phi) is 6.39. The molecule has 2 saturated heterocycles. The van der Waals surface area contributed by atoms with Gasteiger partial charge >= 0.3 is 0 Å². The number of hydrogen-bond acceptors (Lipinski definition) is 6. The van der Waals surface area contributed by atoms with Gasteiger partial charge in [0, 0.05) is 57.4 Å². The molecule has 0 aromatic heterocycles. The van der Waals surface area contributed by atoms with Crippen LogP contribution in [0.5, 0.6) is 0 Å². The number of nitro benzene ring substituents is 1. The molecule has 0 spiro atoms. The number of halogens is 1. The fraction of sp³-hybridized carbons (Fsp3) is 0.600. The Morgan fingerprint density at radius 1 is 1.24 bits per heavy atom. The quantitative estimate of drug-likeness (QED) is 0.608. The molecule has 2 heterocycles. The molecule has 2 aliphatic rings. The van der Waals surface area contributed by atoms with E-state index in [1.807, 2.05) is 0 Å². The summed E-state index contributed by atoms with van der Waals surface area (Å²) in [6, 6.07) is 4.17. The summed E-state index contributed by atoms with van der Waals surface area (Å²) < 4.78 is 27.3. The third-order valence-corrected chi connectivity index (χ3v) is 6.81. The average molecular weight is 391 g/mol. The van der Waals surface area contributed by atoms with Gasteiger partial charge in [-0.25, -0.2) is 8.42 Å². The van der Waals surface area contributed by atoms with E-state index in [1.165, 1.54) is 22.5 Å². The Hall–Kier alpha value is -1.26. The van der Waals surface area contributed by atoms with Crippen molar-refractivity contribution in [2.45, 2.75) is 24.3 Å². The van der Waals surface area contributed by atoms with E-state index in [2.05, 4.69) is 10.2 Å². The van der Waals surface area contributed by atoms with Crippen molar-refractivity contribution < 1.29 is 13.3 Å². The van der Waals surface area contributed by atoms with Crippen LogP contribution in [0.25, 0.3) is 0 Å². The molecule has 0 saturated carbocycles. The van der Waals surface area contributed by atoms with E-state index in [4.69, 9.17) is 0 Å². The van der Waals surface area contributed by atoms with E-state index in [0.717, 1.165) is 32.6 Å². The molecule has 1 atom stereocenters. The van der Waals surface area contributed by atoms with Gasteiger partial charge in [-0.05, 0) is 25.0 Å². The van der Waals surface area contributed by atoms with Crippen molar-refractivity contribution in [2.24, 2.45) is 0 Å². The predicted molar refractivity (Wildman–Crippen MR) is 96.7 cm³/mol. The van der Waals surface area contributed by atoms with E-state index >= 15 is 0 Å². The van der Waals surface area contributed by atoms with E-state index in [9.17, 15) is 18.5 Å². The number of non-ortho nitro benzene ring substituents is 1. The molecule has 2 aliphatic heterocycles. The van der Waals surface area contributed by atoms with Crippen molar-refractivity contribution in [3.63, 3.8) is 0 Å². The number of benzene rings is 1. The lowest BCUT2D eigenvalue weighted by atomic mass is 10.2. The highest BCUT2D eigenvalue weighted by atomic mass is 35.5. The van der Waals surface area contributed by atoms with Crippen LogP contribution in [-0.4, -0.2) is 67.9 Å². The Balaban J connectivity index is 0.00000225. The summed E-state index contributed by atoms with van der Waals surface area (Å²) in [4.78, 5) is 12.8. The zero-order valence-electron chi connectivity index (χ0n) is 14.1. The van der Waals surface area contributed by atoms with Gasteiger partial charge in [0.2, 0.25) is 10.0 Å². The van der Waals surface area contributed by atoms with Gasteiger partial charge < -0.3 is 5.32 Å². The smallest absolute Gasteiger partial charge is 0.269 e. The van der Waals surface area contributed by atoms with Crippen LogP contribution in [0.3, 0.4) is 0 Å². The highest BCUT2D eigenvalue weighted by Gasteiger charge is 2.36. The first-order valence-electron chi connectivity index (χ1n) is 8.09. The molecular formula is C15H23ClN4O4S. The molecule has 1 aromatic rings. The average Bonchev–Trinajstić information content (AvgIpc) is 3.06. The van der Waals surface area contributed by atoms with Crippen LogP contribution in [0, 0.1) is 17.0 Å². The second-order valence-corrected chi connectivity index (χ2v) is 8.20. The number of nitrogens with one attached hydrogen (secondary N) is 1. The van der Waals surface area contributed by atoms with Crippen LogP contribution in [0.1, 0.15) is 12.0 Å². The number of sulfonamides is 1. The van der Waals surface area contributed by atoms with E-state index in [1.54, 1.807) is 6.92 Å². The van der Waals surface area contributed by atoms with Crippen molar-refractivity contribution in [1.82, 2.24) is 14.5 Å². The van der Waals surface area contributed by atoms with Gasteiger partial charge in [-0.3, -0.25) is 15.0 Å². The summed E-state index contributed by atoms with van der Waals surface area (Å²) in [5, 5.41) is 14.1. The Morgan fingerprint density at radius 3 is 2.52 bits per heavy atom. The standard InChI is InChI=1S/C15H22N4O4S.ClH/c1-12-10-13(19(20)21)2-3-15(12)24(22,23)18-7-4-14(11-18)17-8-5-16-6-9-17;/h2-3,10,14,16H,4-9,11H2,1H3;1H. The van der Waals surface area contributed by atoms with Crippen molar-refractivity contribution in [3.05, 3.63) is 33.9 Å². The minimum absolute atomic E-state index is 0. The first-order chi connectivity index (χ1) is 11.4. The molecule has 1 N–H and O–H groups in total. The molecule has 2 fully saturated rings. The highest BCUT2D eigenvalue weighted by Crippen LogP contribution is 2.27. The van der Waals surface area contributed by atoms with Crippen LogP contribution in [-0.2, 0) is 10.0 Å². The van der Waals surface area contributed by atoms with Gasteiger partial charge in [0.15, 0.2) is 0 Å². The zero-order valence-corrected chi connectivity index (χ0v) is 15.7. The maximum absolute atomic E-state index is 12.9. The van der Waals surface area contributed by atoms with Gasteiger partial charge in [0.05, 0.1) is 9.82 Å². The summed E-state index contributed by atoms with van der Waals surface area (Å²) in [6.07, 6.45) is 0.825. The maximum atomic E-state index is 12.9. The van der Waals surface area contributed by atoms with Crippen molar-refractivity contribution in [3.8, 4) is 0 Å². The predicted octanol–water partition coefficient (Wildman–Crippen LogP) is 0.993. The first-order valence-corrected chi connectivity index (χ1v) is 9.53. The largest absolute Gasteiger partial charge is 0.314 e. The van der Waals surface area contributed by atoms with Crippen molar-refractivity contribution in [2.75, 3.05) is 39.3 Å². The van der Waals surface area contributed by atoms with Gasteiger partial charge in [-0.1, -0.05) is 0 Å². The Labute approximate surface area is 153 Å². The fourth-order valence-electron chi connectivity index (χ4n) is 3.45. The maximum Gasteiger partial charge on any atom is 0.269 e. The van der Waals surface area contributed by atoms with Crippen LogP contribution in [0.4, 0.5) is 5.69 Å². The normalized spacial score (nSPS) is 22.5. The molecule has 0 aliphatic carbocycles. The molecule has 3 rings (SSSR count). The second kappa shape index (κ2) is 7.96. The number of aryl methyl sites for hydroxylation is 1. The Bertz CT molecular complexity index is 737. The van der Waals surface area contributed by atoms with Crippen molar-refractivity contribution in [1.29, 1.82) is 0 Å². The molecule has 0 radical (unpaired) electrons. The van der Waals surface area contributed by atoms with Crippen LogP contribution < -0.4 is 5.32 Å². The number of piperazine rings is 1. The second-order valence-electron chi connectivity index (χ2n) is 6.30. The van der Waals surface area contributed by atoms with E-state index in [-0.39, 0.29) is 29.0 Å². The summed E-state index contributed by atoms with van der Waals surface area (Å²) in [6.45, 7) is 6.33. The monoisotopic (exact) mass is 390 g/mol. The fourth-order valence-corrected chi connectivity index (χ4v) is 5.15. The molecule has 8 nitrogen and oxygen atoms in total. The third kappa shape index (κ3) is 4.12. The number of nitro groups is 1. The summed E-state index contributed by atoms with van der Waals surface area (Å²) >= 11 is 0. The molecule has 0 amide bonds. The van der Waals surface area contributed by atoms with Gasteiger partial charge in [-0.15, -0.1) is 12.4 Å². The molecular weight excluding hydrogens is 368 g/mol. The number of hydrogen-bond donors (Lipinski definition) is 1. The minimum atomic E-state index is -3.61. The molecule has 0 bridgehead atoms. The number of rotatable bonds is 4. The molecule has 25 heavy (non-hydrogen) atoms. The third-order valence-electron chi connectivity index (χ3n) is 4.78. The van der Waals surface area contributed by atoms with Crippen molar-refractivity contribution >= 4 is 28.1 Å². The molecule has 1 unspecified atom stereocenters. The summed E-state index contributed by atoms with van der Waals surface area (Å²) in [5.74, 6) is 0. The number of nitrogens with zero attached hydrogens (tertiary/aromatic N) is 3. The SMILES string of the molecule is Cc1cc([N+](=O)[O-])ccc1S(=O)(=O)N1CCC(N2CCNCC2)C1.Cl. The topological polar surface area (TPSA) is 95.8 Å². The zero-order chi connectivity index (χ0) is 17.3. The summed E-state index contributed by atoms with van der Waals surface area (Å²) in [5.41, 5.74) is 0.321. The Morgan fingerprint density at radius 2 is 1.92 bits per heavy atom. The summed E-state index contributed by atoms with van der Waals surface area (Å²) in [7, 11) is -3.61. The van der Waals surface area contributed by atoms with Crippen LogP contribution in [0.2, 0.25) is 0 Å². The first kappa shape index (κ1) is 20.1.